The second kappa shape index (κ2) is 5.54. The van der Waals surface area contributed by atoms with Crippen LogP contribution in [-0.2, 0) is 11.2 Å². The zero-order chi connectivity index (χ0) is 14.8. The maximum absolute atomic E-state index is 13.1. The van der Waals surface area contributed by atoms with Gasteiger partial charge in [0.15, 0.2) is 0 Å². The van der Waals surface area contributed by atoms with Gasteiger partial charge in [-0.15, -0.1) is 0 Å². The molecule has 0 aliphatic rings. The highest BCUT2D eigenvalue weighted by molar-refractivity contribution is 6.32. The normalized spacial score (nSPS) is 11.3. The fourth-order valence-corrected chi connectivity index (χ4v) is 1.96. The van der Waals surface area contributed by atoms with Crippen LogP contribution in [0, 0.1) is 0 Å². The van der Waals surface area contributed by atoms with Gasteiger partial charge in [-0.25, -0.2) is 9.78 Å². The number of benzene rings is 1. The van der Waals surface area contributed by atoms with Gasteiger partial charge in [0.2, 0.25) is 0 Å². The van der Waals surface area contributed by atoms with E-state index in [4.69, 9.17) is 16.7 Å². The lowest BCUT2D eigenvalue weighted by Crippen LogP contribution is -2.30. The van der Waals surface area contributed by atoms with Gasteiger partial charge in [0.05, 0.1) is 0 Å². The van der Waals surface area contributed by atoms with E-state index < -0.39 is 18.3 Å². The molecule has 0 saturated heterocycles. The number of hydrogen-bond donors (Lipinski definition) is 1. The summed E-state index contributed by atoms with van der Waals surface area (Å²) in [4.78, 5) is 14.3. The first-order valence-corrected chi connectivity index (χ1v) is 6.09. The molecule has 20 heavy (non-hydrogen) atoms. The van der Waals surface area contributed by atoms with Crippen molar-refractivity contribution in [2.24, 2.45) is 0 Å². The van der Waals surface area contributed by atoms with Crippen LogP contribution >= 0.6 is 11.6 Å². The molecule has 1 aromatic carbocycles. The van der Waals surface area contributed by atoms with Crippen LogP contribution in [0.2, 0.25) is 5.15 Å². The van der Waals surface area contributed by atoms with Crippen LogP contribution in [0.1, 0.15) is 5.56 Å². The lowest BCUT2D eigenvalue weighted by molar-refractivity contribution is -0.164. The van der Waals surface area contributed by atoms with E-state index in [1.807, 2.05) is 0 Å². The molecule has 0 aliphatic carbocycles. The van der Waals surface area contributed by atoms with E-state index >= 15 is 0 Å². The summed E-state index contributed by atoms with van der Waals surface area (Å²) < 4.78 is 26.2. The number of carbonyl (C=O) groups is 1. The number of aromatic nitrogens is 1. The van der Waals surface area contributed by atoms with Crippen molar-refractivity contribution in [3.63, 3.8) is 0 Å². The van der Waals surface area contributed by atoms with Crippen molar-refractivity contribution >= 4 is 17.6 Å². The van der Waals surface area contributed by atoms with Crippen molar-refractivity contribution in [1.29, 1.82) is 0 Å². The smallest absolute Gasteiger partial charge is 0.374 e. The predicted molar refractivity (Wildman–Crippen MR) is 71.0 cm³/mol. The van der Waals surface area contributed by atoms with Gasteiger partial charge in [0.25, 0.3) is 0 Å². The first-order chi connectivity index (χ1) is 9.40. The van der Waals surface area contributed by atoms with Crippen LogP contribution in [-0.4, -0.2) is 22.0 Å². The van der Waals surface area contributed by atoms with Gasteiger partial charge in [-0.1, -0.05) is 35.9 Å². The quantitative estimate of drug-likeness (QED) is 0.876. The van der Waals surface area contributed by atoms with Gasteiger partial charge >= 0.3 is 11.9 Å². The first kappa shape index (κ1) is 14.4. The molecule has 0 amide bonds. The summed E-state index contributed by atoms with van der Waals surface area (Å²) in [6.45, 7) is 0. The van der Waals surface area contributed by atoms with Crippen molar-refractivity contribution in [1.82, 2.24) is 4.98 Å². The molecule has 0 atom stereocenters. The van der Waals surface area contributed by atoms with Gasteiger partial charge in [-0.05, 0) is 23.3 Å². The fourth-order valence-electron chi connectivity index (χ4n) is 1.74. The van der Waals surface area contributed by atoms with E-state index in [0.717, 1.165) is 5.56 Å². The van der Waals surface area contributed by atoms with Crippen molar-refractivity contribution in [3.05, 3.63) is 53.3 Å². The summed E-state index contributed by atoms with van der Waals surface area (Å²) in [5.41, 5.74) is 1.65. The van der Waals surface area contributed by atoms with Crippen LogP contribution in [0.4, 0.5) is 8.78 Å². The maximum atomic E-state index is 13.1. The van der Waals surface area contributed by atoms with E-state index in [1.165, 1.54) is 12.1 Å². The standard InChI is InChI=1S/C14H10ClF2NO2/c15-12-11(2-1-7-18-12)10-5-3-9(4-6-10)8-14(16,17)13(19)20/h1-7H,8H2,(H,19,20). The highest BCUT2D eigenvalue weighted by Gasteiger charge is 2.38. The molecule has 6 heteroatoms. The van der Waals surface area contributed by atoms with Gasteiger partial charge in [-0.2, -0.15) is 8.78 Å². The van der Waals surface area contributed by atoms with E-state index in [2.05, 4.69) is 4.98 Å². The number of alkyl halides is 2. The van der Waals surface area contributed by atoms with E-state index in [1.54, 1.807) is 30.5 Å². The van der Waals surface area contributed by atoms with Gasteiger partial charge in [-0.3, -0.25) is 0 Å². The second-order valence-electron chi connectivity index (χ2n) is 4.23. The van der Waals surface area contributed by atoms with Crippen LogP contribution in [0.3, 0.4) is 0 Å². The molecule has 1 aromatic heterocycles. The second-order valence-corrected chi connectivity index (χ2v) is 4.58. The molecule has 3 nitrogen and oxygen atoms in total. The molecule has 0 saturated carbocycles. The van der Waals surface area contributed by atoms with Crippen LogP contribution < -0.4 is 0 Å². The lowest BCUT2D eigenvalue weighted by Gasteiger charge is -2.11. The third-order valence-corrected chi connectivity index (χ3v) is 3.06. The summed E-state index contributed by atoms with van der Waals surface area (Å²) in [6.07, 6.45) is 0.705. The van der Waals surface area contributed by atoms with E-state index in [0.29, 0.717) is 10.7 Å². The summed E-state index contributed by atoms with van der Waals surface area (Å²) in [5.74, 6) is -5.90. The number of halogens is 3. The summed E-state index contributed by atoms with van der Waals surface area (Å²) in [6, 6.07) is 9.60. The molecule has 0 aliphatic heterocycles. The van der Waals surface area contributed by atoms with Crippen molar-refractivity contribution in [3.8, 4) is 11.1 Å². The Kier molecular flexibility index (Phi) is 3.99. The zero-order valence-electron chi connectivity index (χ0n) is 10.2. The maximum Gasteiger partial charge on any atom is 0.374 e. The lowest BCUT2D eigenvalue weighted by atomic mass is 10.0. The summed E-state index contributed by atoms with van der Waals surface area (Å²) in [7, 11) is 0. The number of carboxylic acids is 1. The average molecular weight is 298 g/mol. The minimum atomic E-state index is -3.77. The molecular formula is C14H10ClF2NO2. The average Bonchev–Trinajstić information content (AvgIpc) is 2.40. The number of rotatable bonds is 4. The van der Waals surface area contributed by atoms with E-state index in [-0.39, 0.29) is 5.56 Å². The molecule has 0 spiro atoms. The highest BCUT2D eigenvalue weighted by Crippen LogP contribution is 2.27. The number of hydrogen-bond acceptors (Lipinski definition) is 2. The Balaban J connectivity index is 2.23. The monoisotopic (exact) mass is 297 g/mol. The van der Waals surface area contributed by atoms with Gasteiger partial charge < -0.3 is 5.11 Å². The minimum Gasteiger partial charge on any atom is -0.477 e. The van der Waals surface area contributed by atoms with Gasteiger partial charge in [0, 0.05) is 18.2 Å². The molecule has 1 N–H and O–H groups in total. The Morgan fingerprint density at radius 2 is 1.90 bits per heavy atom. The summed E-state index contributed by atoms with van der Waals surface area (Å²) in [5, 5.41) is 8.71. The van der Waals surface area contributed by atoms with Crippen LogP contribution in [0.15, 0.2) is 42.6 Å². The topological polar surface area (TPSA) is 50.2 Å². The fraction of sp³-hybridized carbons (Fsp3) is 0.143. The largest absolute Gasteiger partial charge is 0.477 e. The zero-order valence-corrected chi connectivity index (χ0v) is 10.9. The van der Waals surface area contributed by atoms with Crippen molar-refractivity contribution in [2.45, 2.75) is 12.3 Å². The number of carboxylic acid groups (broad SMARTS) is 1. The first-order valence-electron chi connectivity index (χ1n) is 5.71. The molecule has 104 valence electrons. The Labute approximate surface area is 118 Å². The van der Waals surface area contributed by atoms with E-state index in [9.17, 15) is 13.6 Å². The van der Waals surface area contributed by atoms with Crippen molar-refractivity contribution < 1.29 is 18.7 Å². The molecule has 2 aromatic rings. The Bertz CT molecular complexity index is 629. The molecular weight excluding hydrogens is 288 g/mol. The number of aliphatic carboxylic acids is 1. The van der Waals surface area contributed by atoms with Crippen molar-refractivity contribution in [2.75, 3.05) is 0 Å². The minimum absolute atomic E-state index is 0.237. The van der Waals surface area contributed by atoms with Gasteiger partial charge in [0.1, 0.15) is 5.15 Å². The molecule has 0 radical (unpaired) electrons. The Hall–Kier alpha value is -2.01. The molecule has 1 heterocycles. The molecule has 0 bridgehead atoms. The third kappa shape index (κ3) is 3.11. The molecule has 2 rings (SSSR count). The summed E-state index contributed by atoms with van der Waals surface area (Å²) >= 11 is 5.94. The van der Waals surface area contributed by atoms with Crippen LogP contribution in [0.5, 0.6) is 0 Å². The number of pyridine rings is 1. The predicted octanol–water partition coefficient (Wildman–Crippen LogP) is 3.66. The Morgan fingerprint density at radius 1 is 1.25 bits per heavy atom. The molecule has 0 unspecified atom stereocenters. The molecule has 0 fully saturated rings. The van der Waals surface area contributed by atoms with Crippen LogP contribution in [0.25, 0.3) is 11.1 Å². The SMILES string of the molecule is O=C(O)C(F)(F)Cc1ccc(-c2cccnc2Cl)cc1. The number of nitrogens with zero attached hydrogens (tertiary/aromatic N) is 1. The highest BCUT2D eigenvalue weighted by atomic mass is 35.5. The third-order valence-electron chi connectivity index (χ3n) is 2.76. The Morgan fingerprint density at radius 3 is 2.45 bits per heavy atom.